The van der Waals surface area contributed by atoms with Crippen LogP contribution in [-0.2, 0) is 4.79 Å². The molecule has 0 radical (unpaired) electrons. The lowest BCUT2D eigenvalue weighted by molar-refractivity contribution is -0.123. The number of amides is 1. The molecular formula is C10H11N3O. The summed E-state index contributed by atoms with van der Waals surface area (Å²) in [6, 6.07) is 0. The second-order valence-electron chi connectivity index (χ2n) is 3.64. The van der Waals surface area contributed by atoms with Gasteiger partial charge in [-0.3, -0.25) is 10.2 Å². The maximum atomic E-state index is 11.7. The molecule has 1 saturated heterocycles. The molecule has 4 nitrogen and oxygen atoms in total. The van der Waals surface area contributed by atoms with Crippen LogP contribution in [0.3, 0.4) is 0 Å². The highest BCUT2D eigenvalue weighted by atomic mass is 16.2. The van der Waals surface area contributed by atoms with Crippen molar-refractivity contribution in [2.24, 2.45) is 5.92 Å². The predicted octanol–water partition coefficient (Wildman–Crippen LogP) is -0.411. The van der Waals surface area contributed by atoms with E-state index in [1.807, 2.05) is 24.3 Å². The van der Waals surface area contributed by atoms with Crippen molar-refractivity contribution >= 4 is 5.91 Å². The summed E-state index contributed by atoms with van der Waals surface area (Å²) in [6.07, 6.45) is 7.84. The van der Waals surface area contributed by atoms with E-state index in [2.05, 4.69) is 16.2 Å². The molecule has 0 saturated carbocycles. The lowest BCUT2D eigenvalue weighted by atomic mass is 9.86. The van der Waals surface area contributed by atoms with Gasteiger partial charge in [-0.1, -0.05) is 24.3 Å². The van der Waals surface area contributed by atoms with Crippen LogP contribution in [0, 0.1) is 5.92 Å². The molecule has 3 aliphatic rings. The third-order valence-electron chi connectivity index (χ3n) is 2.84. The van der Waals surface area contributed by atoms with Crippen LogP contribution in [0.1, 0.15) is 0 Å². The molecule has 2 aliphatic heterocycles. The molecule has 4 heteroatoms. The number of carbonyl (C=O) groups excluding carboxylic acids is 1. The van der Waals surface area contributed by atoms with Gasteiger partial charge in [0.1, 0.15) is 6.17 Å². The molecule has 0 aromatic heterocycles. The fourth-order valence-electron chi connectivity index (χ4n) is 2.14. The van der Waals surface area contributed by atoms with Crippen molar-refractivity contribution < 1.29 is 4.79 Å². The van der Waals surface area contributed by atoms with Gasteiger partial charge in [-0.05, 0) is 11.1 Å². The van der Waals surface area contributed by atoms with E-state index in [0.29, 0.717) is 0 Å². The minimum atomic E-state index is -0.0899. The Labute approximate surface area is 81.7 Å². The lowest BCUT2D eigenvalue weighted by Crippen LogP contribution is -2.50. The second kappa shape index (κ2) is 2.80. The Hall–Kier alpha value is -1.39. The molecule has 0 spiro atoms. The molecule has 0 aromatic rings. The van der Waals surface area contributed by atoms with Crippen LogP contribution in [0.25, 0.3) is 0 Å². The third-order valence-corrected chi connectivity index (χ3v) is 2.84. The monoisotopic (exact) mass is 189 g/mol. The predicted molar refractivity (Wildman–Crippen MR) is 51.9 cm³/mol. The highest BCUT2D eigenvalue weighted by Crippen LogP contribution is 2.28. The van der Waals surface area contributed by atoms with Crippen molar-refractivity contribution in [3.8, 4) is 0 Å². The Morgan fingerprint density at radius 3 is 3.21 bits per heavy atom. The summed E-state index contributed by atoms with van der Waals surface area (Å²) >= 11 is 0. The summed E-state index contributed by atoms with van der Waals surface area (Å²) in [5, 5.41) is 2.92. The average molecular weight is 189 g/mol. The molecule has 0 aromatic carbocycles. The molecule has 2 unspecified atom stereocenters. The van der Waals surface area contributed by atoms with Gasteiger partial charge in [-0.2, -0.15) is 0 Å². The van der Waals surface area contributed by atoms with Gasteiger partial charge in [0.15, 0.2) is 0 Å². The van der Waals surface area contributed by atoms with Crippen LogP contribution < -0.4 is 16.2 Å². The first-order chi connectivity index (χ1) is 6.86. The van der Waals surface area contributed by atoms with Crippen molar-refractivity contribution in [1.29, 1.82) is 0 Å². The van der Waals surface area contributed by atoms with Crippen molar-refractivity contribution in [2.75, 3.05) is 6.54 Å². The smallest absolute Gasteiger partial charge is 0.232 e. The zero-order valence-electron chi connectivity index (χ0n) is 7.58. The fourth-order valence-corrected chi connectivity index (χ4v) is 2.14. The minimum absolute atomic E-state index is 0.0232. The number of allylic oxidation sites excluding steroid dienone is 3. The van der Waals surface area contributed by atoms with E-state index in [1.54, 1.807) is 0 Å². The first kappa shape index (κ1) is 7.96. The van der Waals surface area contributed by atoms with Gasteiger partial charge in [-0.15, -0.1) is 0 Å². The van der Waals surface area contributed by atoms with E-state index in [1.165, 1.54) is 5.57 Å². The van der Waals surface area contributed by atoms with Crippen LogP contribution in [0.4, 0.5) is 0 Å². The second-order valence-corrected chi connectivity index (χ2v) is 3.64. The molecule has 72 valence electrons. The van der Waals surface area contributed by atoms with Crippen molar-refractivity contribution in [1.82, 2.24) is 16.2 Å². The molecule has 3 rings (SSSR count). The molecule has 3 N–H and O–H groups in total. The zero-order valence-corrected chi connectivity index (χ0v) is 7.58. The van der Waals surface area contributed by atoms with E-state index >= 15 is 0 Å². The normalized spacial score (nSPS) is 34.1. The highest BCUT2D eigenvalue weighted by molar-refractivity contribution is 5.87. The van der Waals surface area contributed by atoms with Crippen LogP contribution >= 0.6 is 0 Å². The standard InChI is InChI=1S/C10H11N3O/c14-10-7-4-2-1-3-6(7)8-5-11-13-9(8)12-10/h1-4,7,9,11,13H,5H2,(H,12,14). The molecule has 2 atom stereocenters. The summed E-state index contributed by atoms with van der Waals surface area (Å²) in [5.41, 5.74) is 8.44. The zero-order chi connectivity index (χ0) is 9.54. The third kappa shape index (κ3) is 0.981. The van der Waals surface area contributed by atoms with Crippen LogP contribution in [0.2, 0.25) is 0 Å². The van der Waals surface area contributed by atoms with Gasteiger partial charge in [0.05, 0.1) is 5.92 Å². The molecule has 1 aliphatic carbocycles. The summed E-state index contributed by atoms with van der Waals surface area (Å²) < 4.78 is 0. The molecule has 1 fully saturated rings. The Morgan fingerprint density at radius 2 is 2.29 bits per heavy atom. The summed E-state index contributed by atoms with van der Waals surface area (Å²) in [6.45, 7) is 0.801. The van der Waals surface area contributed by atoms with Crippen molar-refractivity contribution in [3.63, 3.8) is 0 Å². The van der Waals surface area contributed by atoms with E-state index in [9.17, 15) is 4.79 Å². The Morgan fingerprint density at radius 1 is 1.36 bits per heavy atom. The van der Waals surface area contributed by atoms with Gasteiger partial charge in [-0.25, -0.2) is 5.43 Å². The highest BCUT2D eigenvalue weighted by Gasteiger charge is 2.35. The number of nitrogens with one attached hydrogen (secondary N) is 3. The Balaban J connectivity index is 2.11. The van der Waals surface area contributed by atoms with Gasteiger partial charge >= 0.3 is 0 Å². The number of hydrazine groups is 1. The molecule has 0 bridgehead atoms. The van der Waals surface area contributed by atoms with Gasteiger partial charge < -0.3 is 5.32 Å². The lowest BCUT2D eigenvalue weighted by Gasteiger charge is -2.28. The molecular weight excluding hydrogens is 178 g/mol. The maximum absolute atomic E-state index is 11.7. The SMILES string of the molecule is O=C1NC2NNCC2=C2C=CC=CC12. The van der Waals surface area contributed by atoms with E-state index in [-0.39, 0.29) is 18.0 Å². The largest absolute Gasteiger partial charge is 0.335 e. The Kier molecular flexibility index (Phi) is 1.59. The van der Waals surface area contributed by atoms with Crippen LogP contribution in [0.15, 0.2) is 35.5 Å². The number of rotatable bonds is 0. The number of hydrogen-bond acceptors (Lipinski definition) is 3. The minimum Gasteiger partial charge on any atom is -0.335 e. The van der Waals surface area contributed by atoms with Crippen molar-refractivity contribution in [2.45, 2.75) is 6.17 Å². The number of fused-ring (bicyclic) bond motifs is 2. The van der Waals surface area contributed by atoms with E-state index < -0.39 is 0 Å². The van der Waals surface area contributed by atoms with Gasteiger partial charge in [0.25, 0.3) is 0 Å². The first-order valence-corrected chi connectivity index (χ1v) is 4.73. The summed E-state index contributed by atoms with van der Waals surface area (Å²) in [5.74, 6) is -0.0153. The van der Waals surface area contributed by atoms with Gasteiger partial charge in [0.2, 0.25) is 5.91 Å². The van der Waals surface area contributed by atoms with Crippen LogP contribution in [0.5, 0.6) is 0 Å². The first-order valence-electron chi connectivity index (χ1n) is 4.73. The fraction of sp³-hybridized carbons (Fsp3) is 0.300. The van der Waals surface area contributed by atoms with Crippen molar-refractivity contribution in [3.05, 3.63) is 35.5 Å². The van der Waals surface area contributed by atoms with E-state index in [4.69, 9.17) is 0 Å². The number of carbonyl (C=O) groups is 1. The summed E-state index contributed by atoms with van der Waals surface area (Å²) in [7, 11) is 0. The number of hydrogen-bond donors (Lipinski definition) is 3. The Bertz CT molecular complexity index is 381. The molecule has 2 heterocycles. The summed E-state index contributed by atoms with van der Waals surface area (Å²) in [4.78, 5) is 11.7. The van der Waals surface area contributed by atoms with E-state index in [0.717, 1.165) is 12.1 Å². The topological polar surface area (TPSA) is 53.2 Å². The maximum Gasteiger partial charge on any atom is 0.232 e. The average Bonchev–Trinajstić information content (AvgIpc) is 2.66. The molecule has 14 heavy (non-hydrogen) atoms. The van der Waals surface area contributed by atoms with Gasteiger partial charge in [0, 0.05) is 6.54 Å². The molecule has 1 amide bonds. The quantitative estimate of drug-likeness (QED) is 0.485. The van der Waals surface area contributed by atoms with Crippen LogP contribution in [-0.4, -0.2) is 18.6 Å².